The molecule has 202 valence electrons. The Labute approximate surface area is 227 Å². The van der Waals surface area contributed by atoms with Crippen LogP contribution in [-0.4, -0.2) is 37.0 Å². The van der Waals surface area contributed by atoms with Crippen molar-refractivity contribution in [3.63, 3.8) is 0 Å². The van der Waals surface area contributed by atoms with Gasteiger partial charge in [-0.2, -0.15) is 8.42 Å². The number of aryl methyl sites for hydroxylation is 1. The van der Waals surface area contributed by atoms with E-state index in [-0.39, 0.29) is 13.1 Å². The third-order valence-corrected chi connectivity index (χ3v) is 8.00. The van der Waals surface area contributed by atoms with Crippen molar-refractivity contribution in [1.82, 2.24) is 9.45 Å². The van der Waals surface area contributed by atoms with Gasteiger partial charge in [-0.25, -0.2) is 4.98 Å². The lowest BCUT2D eigenvalue weighted by molar-refractivity contribution is -0.168. The number of hydroxylamine groups is 1. The number of hydrogen-bond donors (Lipinski definition) is 0. The summed E-state index contributed by atoms with van der Waals surface area (Å²) in [6.45, 7) is 3.51. The Kier molecular flexibility index (Phi) is 7.67. The van der Waals surface area contributed by atoms with E-state index in [9.17, 15) is 13.2 Å². The molecule has 0 saturated carbocycles. The number of para-hydroxylation sites is 1. The lowest BCUT2D eigenvalue weighted by atomic mass is 10.2. The fraction of sp³-hybridized carbons (Fsp3) is 0.241. The van der Waals surface area contributed by atoms with Gasteiger partial charge in [0.05, 0.1) is 24.5 Å². The third kappa shape index (κ3) is 5.97. The van der Waals surface area contributed by atoms with Crippen LogP contribution in [0.5, 0.6) is 5.75 Å². The molecule has 0 fully saturated rings. The molecular weight excluding hydrogens is 518 g/mol. The van der Waals surface area contributed by atoms with Crippen molar-refractivity contribution in [3.8, 4) is 17.2 Å². The summed E-state index contributed by atoms with van der Waals surface area (Å²) in [4.78, 5) is 21.6. The molecule has 0 atom stereocenters. The zero-order valence-corrected chi connectivity index (χ0v) is 22.6. The fourth-order valence-electron chi connectivity index (χ4n) is 4.47. The molecule has 0 unspecified atom stereocenters. The second-order valence-electron chi connectivity index (χ2n) is 9.14. The van der Waals surface area contributed by atoms with Crippen molar-refractivity contribution in [2.24, 2.45) is 0 Å². The smallest absolute Gasteiger partial charge is 0.335 e. The van der Waals surface area contributed by atoms with Gasteiger partial charge in [0.25, 0.3) is 0 Å². The Morgan fingerprint density at radius 3 is 2.62 bits per heavy atom. The molecule has 5 rings (SSSR count). The summed E-state index contributed by atoms with van der Waals surface area (Å²) < 4.78 is 40.8. The Bertz CT molecular complexity index is 1570. The zero-order chi connectivity index (χ0) is 27.4. The summed E-state index contributed by atoms with van der Waals surface area (Å²) in [5, 5.41) is 0. The molecule has 0 radical (unpaired) electrons. The van der Waals surface area contributed by atoms with E-state index in [2.05, 4.69) is 4.98 Å². The van der Waals surface area contributed by atoms with Crippen molar-refractivity contribution in [3.05, 3.63) is 101 Å². The van der Waals surface area contributed by atoms with E-state index < -0.39 is 16.2 Å². The molecule has 2 heterocycles. The van der Waals surface area contributed by atoms with Crippen LogP contribution < -0.4 is 9.04 Å². The van der Waals surface area contributed by atoms with Crippen molar-refractivity contribution in [2.75, 3.05) is 17.5 Å². The first kappa shape index (κ1) is 26.5. The SMILES string of the molecule is CC(=O)ON(Cc1cccc(OCCc2nc(-c3ccccc3)oc2C)c1)S(=O)(=O)N1CCc2ccccc21. The predicted molar refractivity (Wildman–Crippen MR) is 146 cm³/mol. The van der Waals surface area contributed by atoms with Crippen LogP contribution in [0.2, 0.25) is 0 Å². The molecule has 10 heteroatoms. The first-order valence-corrected chi connectivity index (χ1v) is 14.0. The second-order valence-corrected chi connectivity index (χ2v) is 10.9. The van der Waals surface area contributed by atoms with Crippen molar-refractivity contribution < 1.29 is 27.2 Å². The highest BCUT2D eigenvalue weighted by molar-refractivity contribution is 7.90. The lowest BCUT2D eigenvalue weighted by Gasteiger charge is -2.27. The van der Waals surface area contributed by atoms with Crippen molar-refractivity contribution >= 4 is 21.9 Å². The van der Waals surface area contributed by atoms with Gasteiger partial charge >= 0.3 is 16.2 Å². The van der Waals surface area contributed by atoms with Gasteiger partial charge in [0, 0.05) is 25.5 Å². The monoisotopic (exact) mass is 547 g/mol. The summed E-state index contributed by atoms with van der Waals surface area (Å²) >= 11 is 0. The topological polar surface area (TPSA) is 102 Å². The van der Waals surface area contributed by atoms with Gasteiger partial charge in [-0.05, 0) is 59.3 Å². The molecule has 1 aliphatic rings. The average Bonchev–Trinajstić information content (AvgIpc) is 3.53. The van der Waals surface area contributed by atoms with Gasteiger partial charge in [-0.1, -0.05) is 48.5 Å². The number of nitrogens with zero attached hydrogens (tertiary/aromatic N) is 3. The summed E-state index contributed by atoms with van der Waals surface area (Å²) in [5.41, 5.74) is 3.84. The maximum atomic E-state index is 13.5. The van der Waals surface area contributed by atoms with Gasteiger partial charge < -0.3 is 14.0 Å². The zero-order valence-electron chi connectivity index (χ0n) is 21.7. The van der Waals surface area contributed by atoms with E-state index in [0.29, 0.717) is 42.3 Å². The van der Waals surface area contributed by atoms with E-state index in [1.807, 2.05) is 49.4 Å². The Hall–Kier alpha value is -4.15. The molecule has 3 aromatic carbocycles. The Morgan fingerprint density at radius 2 is 1.82 bits per heavy atom. The number of benzene rings is 3. The number of carbonyl (C=O) groups excluding carboxylic acids is 1. The molecular formula is C29H29N3O6S. The molecule has 0 aliphatic carbocycles. The summed E-state index contributed by atoms with van der Waals surface area (Å²) in [6.07, 6.45) is 1.12. The first-order valence-electron chi connectivity index (χ1n) is 12.6. The molecule has 0 saturated heterocycles. The Balaban J connectivity index is 1.26. The molecule has 0 amide bonds. The van der Waals surface area contributed by atoms with E-state index in [4.69, 9.17) is 14.0 Å². The number of rotatable bonds is 10. The van der Waals surface area contributed by atoms with Crippen LogP contribution >= 0.6 is 0 Å². The van der Waals surface area contributed by atoms with E-state index >= 15 is 0 Å². The summed E-state index contributed by atoms with van der Waals surface area (Å²) in [7, 11) is -4.13. The van der Waals surface area contributed by atoms with Gasteiger partial charge in [0.15, 0.2) is 0 Å². The number of hydrogen-bond acceptors (Lipinski definition) is 7. The number of anilines is 1. The van der Waals surface area contributed by atoms with Crippen LogP contribution in [0.25, 0.3) is 11.5 Å². The molecule has 4 aromatic rings. The van der Waals surface area contributed by atoms with E-state index in [1.54, 1.807) is 36.4 Å². The van der Waals surface area contributed by atoms with Gasteiger partial charge in [0.2, 0.25) is 5.89 Å². The molecule has 1 aliphatic heterocycles. The van der Waals surface area contributed by atoms with Gasteiger partial charge in [0.1, 0.15) is 11.5 Å². The van der Waals surface area contributed by atoms with Crippen LogP contribution in [0.4, 0.5) is 5.69 Å². The summed E-state index contributed by atoms with van der Waals surface area (Å²) in [6, 6.07) is 24.0. The first-order chi connectivity index (χ1) is 18.8. The quantitative estimate of drug-likeness (QED) is 0.261. The van der Waals surface area contributed by atoms with Gasteiger partial charge in [-0.3, -0.25) is 9.10 Å². The highest BCUT2D eigenvalue weighted by Crippen LogP contribution is 2.32. The predicted octanol–water partition coefficient (Wildman–Crippen LogP) is 4.86. The number of oxazole rings is 1. The normalized spacial score (nSPS) is 12.9. The Morgan fingerprint density at radius 1 is 1.05 bits per heavy atom. The molecule has 9 nitrogen and oxygen atoms in total. The second kappa shape index (κ2) is 11.3. The number of carbonyl (C=O) groups is 1. The molecule has 39 heavy (non-hydrogen) atoms. The molecule has 0 spiro atoms. The minimum atomic E-state index is -4.13. The maximum absolute atomic E-state index is 13.5. The highest BCUT2D eigenvalue weighted by Gasteiger charge is 2.36. The van der Waals surface area contributed by atoms with Crippen LogP contribution in [0.3, 0.4) is 0 Å². The van der Waals surface area contributed by atoms with Crippen molar-refractivity contribution in [1.29, 1.82) is 0 Å². The number of ether oxygens (including phenoxy) is 1. The van der Waals surface area contributed by atoms with Crippen LogP contribution in [-0.2, 0) is 39.2 Å². The minimum Gasteiger partial charge on any atom is -0.493 e. The highest BCUT2D eigenvalue weighted by atomic mass is 32.2. The van der Waals surface area contributed by atoms with Gasteiger partial charge in [-0.15, -0.1) is 0 Å². The lowest BCUT2D eigenvalue weighted by Crippen LogP contribution is -2.43. The maximum Gasteiger partial charge on any atom is 0.335 e. The van der Waals surface area contributed by atoms with Crippen LogP contribution in [0.15, 0.2) is 83.3 Å². The largest absolute Gasteiger partial charge is 0.493 e. The molecule has 0 bridgehead atoms. The average molecular weight is 548 g/mol. The van der Waals surface area contributed by atoms with Crippen LogP contribution in [0, 0.1) is 6.92 Å². The third-order valence-electron chi connectivity index (χ3n) is 6.34. The van der Waals surface area contributed by atoms with E-state index in [0.717, 1.165) is 27.0 Å². The molecule has 0 N–H and O–H groups in total. The van der Waals surface area contributed by atoms with Crippen molar-refractivity contribution in [2.45, 2.75) is 33.2 Å². The minimum absolute atomic E-state index is 0.166. The van der Waals surface area contributed by atoms with E-state index in [1.165, 1.54) is 11.2 Å². The standard InChI is InChI=1S/C29H29N3O6S/c1-21-27(30-29(37-21)25-11-4-3-5-12-25)16-18-36-26-13-8-9-23(19-26)20-32(38-22(2)33)39(34,35)31-17-15-24-10-6-7-14-28(24)31/h3-14,19H,15-18,20H2,1-2H3. The number of aromatic nitrogens is 1. The van der Waals surface area contributed by atoms with Crippen LogP contribution in [0.1, 0.15) is 29.5 Å². The number of fused-ring (bicyclic) bond motifs is 1. The fourth-order valence-corrected chi connectivity index (χ4v) is 5.95. The summed E-state index contributed by atoms with van der Waals surface area (Å²) in [5.74, 6) is 1.13. The molecule has 1 aromatic heterocycles.